The Morgan fingerprint density at radius 2 is 2.00 bits per heavy atom. The van der Waals surface area contributed by atoms with Gasteiger partial charge in [0, 0.05) is 7.05 Å². The fourth-order valence-corrected chi connectivity index (χ4v) is 1.28. The Morgan fingerprint density at radius 1 is 1.29 bits per heavy atom. The van der Waals surface area contributed by atoms with Crippen molar-refractivity contribution in [3.8, 4) is 11.6 Å². The molecule has 0 atom stereocenters. The highest BCUT2D eigenvalue weighted by atomic mass is 16.5. The van der Waals surface area contributed by atoms with E-state index in [1.165, 1.54) is 6.33 Å². The molecular formula is C12H21N3O2. The first-order valence-corrected chi connectivity index (χ1v) is 5.67. The molecule has 17 heavy (non-hydrogen) atoms. The lowest BCUT2D eigenvalue weighted by Gasteiger charge is -2.18. The second-order valence-electron chi connectivity index (χ2n) is 4.97. The molecule has 1 N–H and O–H groups in total. The molecule has 0 radical (unpaired) electrons. The third-order valence-electron chi connectivity index (χ3n) is 2.30. The molecular weight excluding hydrogens is 218 g/mol. The molecule has 0 aliphatic rings. The number of nitrogens with one attached hydrogen (secondary N) is 1. The second-order valence-corrected chi connectivity index (χ2v) is 4.97. The summed E-state index contributed by atoms with van der Waals surface area (Å²) < 4.78 is 10.9. The summed E-state index contributed by atoms with van der Waals surface area (Å²) in [4.78, 5) is 8.14. The van der Waals surface area contributed by atoms with Crippen LogP contribution in [0.3, 0.4) is 0 Å². The maximum Gasteiger partial charge on any atom is 0.262 e. The molecule has 0 saturated carbocycles. The number of rotatable bonds is 5. The van der Waals surface area contributed by atoms with Gasteiger partial charge in [-0.3, -0.25) is 0 Å². The molecule has 0 amide bonds. The number of hydrogen-bond donors (Lipinski definition) is 1. The van der Waals surface area contributed by atoms with E-state index in [0.29, 0.717) is 24.1 Å². The SMILES string of the molecule is CNc1ncnc(OCCC(C)(C)C)c1OC. The first-order valence-electron chi connectivity index (χ1n) is 5.67. The van der Waals surface area contributed by atoms with E-state index < -0.39 is 0 Å². The molecule has 5 nitrogen and oxygen atoms in total. The number of anilines is 1. The lowest BCUT2D eigenvalue weighted by atomic mass is 9.93. The predicted molar refractivity (Wildman–Crippen MR) is 67.7 cm³/mol. The summed E-state index contributed by atoms with van der Waals surface area (Å²) in [6.07, 6.45) is 2.41. The minimum Gasteiger partial charge on any atom is -0.489 e. The van der Waals surface area contributed by atoms with Crippen LogP contribution in [0.2, 0.25) is 0 Å². The third-order valence-corrected chi connectivity index (χ3v) is 2.30. The Bertz CT molecular complexity index is 361. The van der Waals surface area contributed by atoms with Gasteiger partial charge in [-0.1, -0.05) is 20.8 Å². The van der Waals surface area contributed by atoms with Gasteiger partial charge in [-0.2, -0.15) is 4.98 Å². The molecule has 1 aromatic heterocycles. The maximum absolute atomic E-state index is 5.63. The van der Waals surface area contributed by atoms with Crippen LogP contribution >= 0.6 is 0 Å². The summed E-state index contributed by atoms with van der Waals surface area (Å²) in [6.45, 7) is 7.13. The van der Waals surface area contributed by atoms with E-state index in [-0.39, 0.29) is 5.41 Å². The third kappa shape index (κ3) is 4.09. The molecule has 0 saturated heterocycles. The number of aromatic nitrogens is 2. The van der Waals surface area contributed by atoms with Gasteiger partial charge in [0.05, 0.1) is 13.7 Å². The van der Waals surface area contributed by atoms with Crippen LogP contribution in [0.1, 0.15) is 27.2 Å². The van der Waals surface area contributed by atoms with Crippen molar-refractivity contribution in [1.29, 1.82) is 0 Å². The highest BCUT2D eigenvalue weighted by Gasteiger charge is 2.14. The van der Waals surface area contributed by atoms with E-state index in [9.17, 15) is 0 Å². The van der Waals surface area contributed by atoms with E-state index in [1.54, 1.807) is 14.2 Å². The molecule has 0 unspecified atom stereocenters. The fourth-order valence-electron chi connectivity index (χ4n) is 1.28. The topological polar surface area (TPSA) is 56.3 Å². The molecule has 0 aliphatic heterocycles. The molecule has 0 aromatic carbocycles. The van der Waals surface area contributed by atoms with Gasteiger partial charge in [0.25, 0.3) is 5.88 Å². The highest BCUT2D eigenvalue weighted by molar-refractivity contribution is 5.54. The number of methoxy groups -OCH3 is 1. The lowest BCUT2D eigenvalue weighted by molar-refractivity contribution is 0.227. The Kier molecular flexibility index (Phi) is 4.54. The van der Waals surface area contributed by atoms with E-state index in [1.807, 2.05) is 0 Å². The van der Waals surface area contributed by atoms with Crippen LogP contribution < -0.4 is 14.8 Å². The minimum atomic E-state index is 0.242. The van der Waals surface area contributed by atoms with E-state index >= 15 is 0 Å². The zero-order valence-electron chi connectivity index (χ0n) is 11.2. The Morgan fingerprint density at radius 3 is 2.53 bits per heavy atom. The van der Waals surface area contributed by atoms with Gasteiger partial charge >= 0.3 is 0 Å². The summed E-state index contributed by atoms with van der Waals surface area (Å²) in [6, 6.07) is 0. The van der Waals surface area contributed by atoms with Crippen LogP contribution in [0.4, 0.5) is 5.82 Å². The number of hydrogen-bond acceptors (Lipinski definition) is 5. The van der Waals surface area contributed by atoms with Crippen molar-refractivity contribution >= 4 is 5.82 Å². The Labute approximate surface area is 103 Å². The van der Waals surface area contributed by atoms with Crippen molar-refractivity contribution in [1.82, 2.24) is 9.97 Å². The quantitative estimate of drug-likeness (QED) is 0.854. The van der Waals surface area contributed by atoms with Crippen molar-refractivity contribution in [2.45, 2.75) is 27.2 Å². The van der Waals surface area contributed by atoms with Gasteiger partial charge in [0.1, 0.15) is 6.33 Å². The Hall–Kier alpha value is -1.52. The molecule has 1 aromatic rings. The van der Waals surface area contributed by atoms with Crippen molar-refractivity contribution < 1.29 is 9.47 Å². The largest absolute Gasteiger partial charge is 0.489 e. The number of ether oxygens (including phenoxy) is 2. The zero-order valence-corrected chi connectivity index (χ0v) is 11.2. The lowest BCUT2D eigenvalue weighted by Crippen LogP contribution is -2.12. The summed E-state index contributed by atoms with van der Waals surface area (Å²) in [5, 5.41) is 2.94. The molecule has 96 valence electrons. The van der Waals surface area contributed by atoms with Crippen LogP contribution in [0, 0.1) is 5.41 Å². The van der Waals surface area contributed by atoms with Crippen molar-refractivity contribution in [2.24, 2.45) is 5.41 Å². The van der Waals surface area contributed by atoms with Crippen LogP contribution in [-0.4, -0.2) is 30.7 Å². The fraction of sp³-hybridized carbons (Fsp3) is 0.667. The van der Waals surface area contributed by atoms with Crippen LogP contribution in [0.25, 0.3) is 0 Å². The number of nitrogens with zero attached hydrogens (tertiary/aromatic N) is 2. The van der Waals surface area contributed by atoms with Gasteiger partial charge in [0.15, 0.2) is 5.82 Å². The maximum atomic E-state index is 5.63. The highest BCUT2D eigenvalue weighted by Crippen LogP contribution is 2.31. The molecule has 1 heterocycles. The summed E-state index contributed by atoms with van der Waals surface area (Å²) in [5.41, 5.74) is 0.242. The standard InChI is InChI=1S/C12H21N3O2/c1-12(2,3)6-7-17-11-9(16-5)10(13-4)14-8-15-11/h8H,6-7H2,1-5H3,(H,13,14,15). The summed E-state index contributed by atoms with van der Waals surface area (Å²) >= 11 is 0. The van der Waals surface area contributed by atoms with E-state index in [4.69, 9.17) is 9.47 Å². The van der Waals surface area contributed by atoms with E-state index in [0.717, 1.165) is 6.42 Å². The van der Waals surface area contributed by atoms with Gasteiger partial charge < -0.3 is 14.8 Å². The van der Waals surface area contributed by atoms with Gasteiger partial charge in [-0.15, -0.1) is 0 Å². The summed E-state index contributed by atoms with van der Waals surface area (Å²) in [5.74, 6) is 1.66. The van der Waals surface area contributed by atoms with Crippen LogP contribution in [0.5, 0.6) is 11.6 Å². The minimum absolute atomic E-state index is 0.242. The average molecular weight is 239 g/mol. The van der Waals surface area contributed by atoms with Gasteiger partial charge in [-0.25, -0.2) is 4.98 Å². The zero-order chi connectivity index (χ0) is 12.9. The first kappa shape index (κ1) is 13.5. The van der Waals surface area contributed by atoms with Crippen molar-refractivity contribution in [2.75, 3.05) is 26.1 Å². The molecule has 0 bridgehead atoms. The van der Waals surface area contributed by atoms with Crippen LogP contribution in [0.15, 0.2) is 6.33 Å². The van der Waals surface area contributed by atoms with Gasteiger partial charge in [-0.05, 0) is 11.8 Å². The molecule has 0 aliphatic carbocycles. The first-order chi connectivity index (χ1) is 7.98. The summed E-state index contributed by atoms with van der Waals surface area (Å²) in [7, 11) is 3.36. The molecule has 0 fully saturated rings. The van der Waals surface area contributed by atoms with Crippen molar-refractivity contribution in [3.63, 3.8) is 0 Å². The van der Waals surface area contributed by atoms with Crippen LogP contribution in [-0.2, 0) is 0 Å². The predicted octanol–water partition coefficient (Wildman–Crippen LogP) is 2.34. The normalized spacial score (nSPS) is 11.1. The smallest absolute Gasteiger partial charge is 0.262 e. The molecule has 1 rings (SSSR count). The Balaban J connectivity index is 2.70. The van der Waals surface area contributed by atoms with E-state index in [2.05, 4.69) is 36.1 Å². The molecule has 5 heteroatoms. The second kappa shape index (κ2) is 5.70. The monoisotopic (exact) mass is 239 g/mol. The van der Waals surface area contributed by atoms with Gasteiger partial charge in [0.2, 0.25) is 5.75 Å². The average Bonchev–Trinajstić information content (AvgIpc) is 2.27. The molecule has 0 spiro atoms. The van der Waals surface area contributed by atoms with Crippen molar-refractivity contribution in [3.05, 3.63) is 6.33 Å².